The lowest BCUT2D eigenvalue weighted by Gasteiger charge is -2.21. The fourth-order valence-electron chi connectivity index (χ4n) is 13.1. The monoisotopic (exact) mass is 1520 g/mol. The van der Waals surface area contributed by atoms with Crippen LogP contribution in [0.4, 0.5) is 0 Å². The van der Waals surface area contributed by atoms with E-state index in [0.29, 0.717) is 25.7 Å². The molecule has 17 nitrogen and oxygen atoms in total. The molecule has 0 bridgehead atoms. The SMILES string of the molecule is CCC(C)CCCCCCCCC(=O)OC[C@H](COP(=O)(O)OC[C@H](O)COP(=O)(O)OC[C@@H](COC(=O)CCCCCCCCCCCCCCCCCCCCC(C)C)OC(=O)CCCCCCCCCCCCCC(C)C)OC(=O)CCCCCCCCCCCCCCCCCCC(C)C. The third-order valence-electron chi connectivity index (χ3n) is 20.2. The first-order valence-corrected chi connectivity index (χ1v) is 46.7. The van der Waals surface area contributed by atoms with E-state index in [1.165, 1.54) is 238 Å². The topological polar surface area (TPSA) is 237 Å². The van der Waals surface area contributed by atoms with Crippen molar-refractivity contribution < 1.29 is 80.2 Å². The van der Waals surface area contributed by atoms with Crippen molar-refractivity contribution in [3.63, 3.8) is 0 Å². The fourth-order valence-corrected chi connectivity index (χ4v) is 14.7. The standard InChI is InChI=1S/C85H166O17P2/c1-9-78(8)64-56-48-43-44-50-58-66-83(88)96-72-81(102-84(89)67-59-51-41-35-29-23-19-15-14-17-21-26-32-38-46-54-62-76(4)5)74-100-104(93,94)98-70-79(86)69-97-103(91,92)99-73-80(101-85(90)68-60-52-42-36-30-24-27-33-39-47-55-63-77(6)7)71-95-82(87)65-57-49-40-34-28-22-18-13-11-10-12-16-20-25-31-37-45-53-61-75(2)3/h75-81,86H,9-74H2,1-8H3,(H,91,92)(H,93,94)/t78?,79-,80-,81-/m1/s1. The van der Waals surface area contributed by atoms with E-state index in [9.17, 15) is 43.2 Å². The quantitative estimate of drug-likeness (QED) is 0.0222. The third-order valence-corrected chi connectivity index (χ3v) is 22.1. The number of phosphoric acid groups is 2. The van der Waals surface area contributed by atoms with E-state index in [-0.39, 0.29) is 25.7 Å². The van der Waals surface area contributed by atoms with Crippen LogP contribution in [0, 0.1) is 23.7 Å². The molecule has 0 heterocycles. The van der Waals surface area contributed by atoms with Crippen LogP contribution in [-0.4, -0.2) is 96.7 Å². The van der Waals surface area contributed by atoms with Crippen LogP contribution in [0.25, 0.3) is 0 Å². The van der Waals surface area contributed by atoms with Crippen molar-refractivity contribution in [2.75, 3.05) is 39.6 Å². The zero-order valence-electron chi connectivity index (χ0n) is 68.7. The first-order valence-electron chi connectivity index (χ1n) is 43.7. The maximum absolute atomic E-state index is 13.1. The molecular formula is C85H166O17P2. The van der Waals surface area contributed by atoms with Gasteiger partial charge in [-0.05, 0) is 49.4 Å². The van der Waals surface area contributed by atoms with Gasteiger partial charge in [0.05, 0.1) is 26.4 Å². The molecule has 0 radical (unpaired) electrons. The van der Waals surface area contributed by atoms with Gasteiger partial charge in [-0.15, -0.1) is 0 Å². The van der Waals surface area contributed by atoms with Gasteiger partial charge in [0.1, 0.15) is 19.3 Å². The number of hydrogen-bond acceptors (Lipinski definition) is 15. The number of hydrogen-bond donors (Lipinski definition) is 3. The number of unbranched alkanes of at least 4 members (excludes halogenated alkanes) is 47. The number of esters is 4. The van der Waals surface area contributed by atoms with Gasteiger partial charge in [-0.25, -0.2) is 9.13 Å². The Morgan fingerprint density at radius 1 is 0.269 bits per heavy atom. The molecule has 0 aromatic heterocycles. The Morgan fingerprint density at radius 3 is 0.683 bits per heavy atom. The van der Waals surface area contributed by atoms with Crippen molar-refractivity contribution in [2.24, 2.45) is 23.7 Å². The Bertz CT molecular complexity index is 2030. The number of rotatable bonds is 82. The zero-order valence-corrected chi connectivity index (χ0v) is 70.5. The zero-order chi connectivity index (χ0) is 76.7. The molecule has 6 atom stereocenters. The van der Waals surface area contributed by atoms with E-state index >= 15 is 0 Å². The minimum absolute atomic E-state index is 0.107. The highest BCUT2D eigenvalue weighted by Gasteiger charge is 2.30. The average molecular weight is 1520 g/mol. The molecule has 3 N–H and O–H groups in total. The lowest BCUT2D eigenvalue weighted by molar-refractivity contribution is -0.161. The van der Waals surface area contributed by atoms with Gasteiger partial charge in [0.2, 0.25) is 0 Å². The van der Waals surface area contributed by atoms with Crippen molar-refractivity contribution in [3.8, 4) is 0 Å². The summed E-state index contributed by atoms with van der Waals surface area (Å²) in [6.45, 7) is 14.3. The minimum Gasteiger partial charge on any atom is -0.462 e. The second-order valence-corrected chi connectivity index (χ2v) is 35.2. The summed E-state index contributed by atoms with van der Waals surface area (Å²) in [5, 5.41) is 10.7. The molecule has 104 heavy (non-hydrogen) atoms. The maximum atomic E-state index is 13.1. The molecule has 0 saturated heterocycles. The van der Waals surface area contributed by atoms with Gasteiger partial charge in [0, 0.05) is 25.7 Å². The molecular weight excluding hydrogens is 1350 g/mol. The summed E-state index contributed by atoms with van der Waals surface area (Å²) in [6, 6.07) is 0. The number of aliphatic hydroxyl groups is 1. The number of aliphatic hydroxyl groups excluding tert-OH is 1. The van der Waals surface area contributed by atoms with Crippen molar-refractivity contribution in [1.82, 2.24) is 0 Å². The summed E-state index contributed by atoms with van der Waals surface area (Å²) in [7, 11) is -9.93. The molecule has 0 saturated carbocycles. The van der Waals surface area contributed by atoms with Gasteiger partial charge in [-0.2, -0.15) is 0 Å². The van der Waals surface area contributed by atoms with Crippen LogP contribution in [-0.2, 0) is 65.4 Å². The Morgan fingerprint density at radius 2 is 0.462 bits per heavy atom. The van der Waals surface area contributed by atoms with Gasteiger partial charge in [0.15, 0.2) is 12.2 Å². The predicted molar refractivity (Wildman–Crippen MR) is 428 cm³/mol. The lowest BCUT2D eigenvalue weighted by Crippen LogP contribution is -2.30. The van der Waals surface area contributed by atoms with E-state index in [0.717, 1.165) is 120 Å². The van der Waals surface area contributed by atoms with Crippen LogP contribution in [0.3, 0.4) is 0 Å². The smallest absolute Gasteiger partial charge is 0.462 e. The Labute approximate surface area is 638 Å². The Hall–Kier alpha value is -1.94. The highest BCUT2D eigenvalue weighted by atomic mass is 31.2. The van der Waals surface area contributed by atoms with Crippen molar-refractivity contribution in [2.45, 2.75) is 459 Å². The molecule has 0 aliphatic heterocycles. The second kappa shape index (κ2) is 73.8. The summed E-state index contributed by atoms with van der Waals surface area (Å²) in [4.78, 5) is 73.2. The Kier molecular flexibility index (Phi) is 72.5. The van der Waals surface area contributed by atoms with Crippen molar-refractivity contribution in [3.05, 3.63) is 0 Å². The number of ether oxygens (including phenoxy) is 4. The van der Waals surface area contributed by atoms with Gasteiger partial charge >= 0.3 is 39.5 Å². The van der Waals surface area contributed by atoms with Crippen molar-refractivity contribution >= 4 is 39.5 Å². The van der Waals surface area contributed by atoms with E-state index in [4.69, 9.17) is 37.0 Å². The second-order valence-electron chi connectivity index (χ2n) is 32.2. The number of phosphoric ester groups is 2. The molecule has 0 aromatic rings. The average Bonchev–Trinajstić information content (AvgIpc) is 0.902. The third kappa shape index (κ3) is 76.8. The molecule has 0 rings (SSSR count). The van der Waals surface area contributed by atoms with Crippen LogP contribution in [0.1, 0.15) is 441 Å². The molecule has 0 aliphatic rings. The first kappa shape index (κ1) is 102. The van der Waals surface area contributed by atoms with Crippen molar-refractivity contribution in [1.29, 1.82) is 0 Å². The van der Waals surface area contributed by atoms with E-state index in [2.05, 4.69) is 55.4 Å². The first-order chi connectivity index (χ1) is 50.1. The van der Waals surface area contributed by atoms with Crippen LogP contribution < -0.4 is 0 Å². The highest BCUT2D eigenvalue weighted by Crippen LogP contribution is 2.45. The number of carbonyl (C=O) groups is 4. The highest BCUT2D eigenvalue weighted by molar-refractivity contribution is 7.47. The van der Waals surface area contributed by atoms with Gasteiger partial charge in [-0.3, -0.25) is 37.3 Å². The molecule has 3 unspecified atom stereocenters. The van der Waals surface area contributed by atoms with Gasteiger partial charge in [0.25, 0.3) is 0 Å². The normalized spacial score (nSPS) is 14.2. The summed E-state index contributed by atoms with van der Waals surface area (Å²) < 4.78 is 68.8. The molecule has 0 amide bonds. The van der Waals surface area contributed by atoms with E-state index < -0.39 is 97.5 Å². The molecule has 0 spiro atoms. The molecule has 0 aromatic carbocycles. The van der Waals surface area contributed by atoms with Crippen LogP contribution in [0.2, 0.25) is 0 Å². The van der Waals surface area contributed by atoms with Gasteiger partial charge < -0.3 is 33.8 Å². The largest absolute Gasteiger partial charge is 0.472 e. The van der Waals surface area contributed by atoms with Crippen LogP contribution >= 0.6 is 15.6 Å². The Balaban J connectivity index is 5.19. The minimum atomic E-state index is -4.96. The summed E-state index contributed by atoms with van der Waals surface area (Å²) in [5.41, 5.74) is 0. The van der Waals surface area contributed by atoms with Crippen LogP contribution in [0.15, 0.2) is 0 Å². The van der Waals surface area contributed by atoms with E-state index in [1.54, 1.807) is 0 Å². The van der Waals surface area contributed by atoms with Gasteiger partial charge in [-0.1, -0.05) is 389 Å². The summed E-state index contributed by atoms with van der Waals surface area (Å²) >= 11 is 0. The molecule has 618 valence electrons. The summed E-state index contributed by atoms with van der Waals surface area (Å²) in [6.07, 6.45) is 62.6. The predicted octanol–water partition coefficient (Wildman–Crippen LogP) is 25.6. The van der Waals surface area contributed by atoms with E-state index in [1.807, 2.05) is 0 Å². The fraction of sp³-hybridized carbons (Fsp3) is 0.953. The molecule has 19 heteroatoms. The van der Waals surface area contributed by atoms with Crippen LogP contribution in [0.5, 0.6) is 0 Å². The summed E-state index contributed by atoms with van der Waals surface area (Å²) in [5.74, 6) is 1.02. The molecule has 0 aliphatic carbocycles. The lowest BCUT2D eigenvalue weighted by atomic mass is 10.00. The molecule has 0 fully saturated rings. The maximum Gasteiger partial charge on any atom is 0.472 e. The number of carbonyl (C=O) groups excluding carboxylic acids is 4.